The van der Waals surface area contributed by atoms with E-state index in [2.05, 4.69) is 0 Å². The number of rotatable bonds is 4. The minimum absolute atomic E-state index is 0.0756. The van der Waals surface area contributed by atoms with Crippen LogP contribution in [0.25, 0.3) is 0 Å². The molecule has 0 radical (unpaired) electrons. The quantitative estimate of drug-likeness (QED) is 0.814. The average molecular weight is 306 g/mol. The molecule has 1 saturated carbocycles. The summed E-state index contributed by atoms with van der Waals surface area (Å²) in [6.45, 7) is 1.18. The molecule has 3 heteroatoms. The summed E-state index contributed by atoms with van der Waals surface area (Å²) in [5, 5.41) is 0. The molecule has 1 saturated heterocycles. The van der Waals surface area contributed by atoms with Gasteiger partial charge >= 0.3 is 0 Å². The summed E-state index contributed by atoms with van der Waals surface area (Å²) >= 11 is 0. The largest absolute Gasteiger partial charge is 0.381 e. The molecule has 0 aromatic heterocycles. The van der Waals surface area contributed by atoms with Crippen molar-refractivity contribution in [2.75, 3.05) is 13.2 Å². The van der Waals surface area contributed by atoms with Crippen molar-refractivity contribution in [3.05, 3.63) is 71.8 Å². The maximum atomic E-state index is 12.9. The molecule has 2 aromatic rings. The summed E-state index contributed by atoms with van der Waals surface area (Å²) in [5.41, 5.74) is 1.38. The molecule has 4 atom stereocenters. The molecule has 1 aliphatic heterocycles. The van der Waals surface area contributed by atoms with Gasteiger partial charge in [-0.05, 0) is 11.8 Å². The highest BCUT2D eigenvalue weighted by atomic mass is 16.5. The Morgan fingerprint density at radius 1 is 0.696 bits per heavy atom. The topological polar surface area (TPSA) is 43.4 Å². The summed E-state index contributed by atoms with van der Waals surface area (Å²) in [7, 11) is 0. The lowest BCUT2D eigenvalue weighted by Crippen LogP contribution is -2.53. The molecule has 1 heterocycles. The normalized spacial score (nSPS) is 28.7. The maximum absolute atomic E-state index is 12.9. The third kappa shape index (κ3) is 2.32. The van der Waals surface area contributed by atoms with E-state index >= 15 is 0 Å². The van der Waals surface area contributed by atoms with Gasteiger partial charge in [0, 0.05) is 23.0 Å². The summed E-state index contributed by atoms with van der Waals surface area (Å²) < 4.78 is 5.56. The van der Waals surface area contributed by atoms with Gasteiger partial charge in [-0.2, -0.15) is 0 Å². The molecule has 2 fully saturated rings. The van der Waals surface area contributed by atoms with E-state index < -0.39 is 0 Å². The predicted octanol–water partition coefficient (Wildman–Crippen LogP) is 3.26. The lowest BCUT2D eigenvalue weighted by Gasteiger charge is -2.45. The van der Waals surface area contributed by atoms with Gasteiger partial charge in [0.1, 0.15) is 0 Å². The molecule has 23 heavy (non-hydrogen) atoms. The summed E-state index contributed by atoms with van der Waals surface area (Å²) in [4.78, 5) is 25.8. The Morgan fingerprint density at radius 3 is 1.48 bits per heavy atom. The molecule has 116 valence electrons. The second-order valence-electron chi connectivity index (χ2n) is 6.38. The molecule has 0 N–H and O–H groups in total. The number of carbonyl (C=O) groups is 2. The highest BCUT2D eigenvalue weighted by molar-refractivity contribution is 6.06. The van der Waals surface area contributed by atoms with Gasteiger partial charge in [0.15, 0.2) is 11.6 Å². The number of Topliss-reactive ketones (excluding diaryl/α,β-unsaturated/α-hetero) is 2. The number of ketones is 2. The van der Waals surface area contributed by atoms with Gasteiger partial charge in [-0.1, -0.05) is 60.7 Å². The number of fused-ring (bicyclic) bond motifs is 1. The van der Waals surface area contributed by atoms with Crippen LogP contribution in [-0.4, -0.2) is 24.8 Å². The van der Waals surface area contributed by atoms with Gasteiger partial charge in [0.25, 0.3) is 0 Å². The van der Waals surface area contributed by atoms with E-state index in [1.165, 1.54) is 0 Å². The molecule has 0 bridgehead atoms. The third-order valence-corrected chi connectivity index (χ3v) is 5.20. The Hall–Kier alpha value is -2.26. The van der Waals surface area contributed by atoms with Gasteiger partial charge in [0.05, 0.1) is 13.2 Å². The van der Waals surface area contributed by atoms with Crippen LogP contribution in [0.1, 0.15) is 20.7 Å². The molecule has 3 nitrogen and oxygen atoms in total. The van der Waals surface area contributed by atoms with Crippen LogP contribution in [0, 0.1) is 23.7 Å². The lowest BCUT2D eigenvalue weighted by atomic mass is 9.54. The standard InChI is InChI=1S/C20H18O3/c21-19(13-7-3-1-4-8-13)17-15-11-23-12-16(15)18(17)20(22)14-9-5-2-6-10-14/h1-10,15-18H,11-12H2/t15-,16+,17-,18-/m0/s1. The van der Waals surface area contributed by atoms with Crippen molar-refractivity contribution in [3.8, 4) is 0 Å². The van der Waals surface area contributed by atoms with Crippen molar-refractivity contribution in [1.29, 1.82) is 0 Å². The van der Waals surface area contributed by atoms with E-state index in [0.717, 1.165) is 0 Å². The highest BCUT2D eigenvalue weighted by Crippen LogP contribution is 2.52. The number of hydrogen-bond acceptors (Lipinski definition) is 3. The monoisotopic (exact) mass is 306 g/mol. The van der Waals surface area contributed by atoms with Gasteiger partial charge in [-0.15, -0.1) is 0 Å². The van der Waals surface area contributed by atoms with Crippen LogP contribution in [0.15, 0.2) is 60.7 Å². The SMILES string of the molecule is O=C(c1ccccc1)[C@H]1[C@@H]2COC[C@@H]2[C@@H]1C(=O)c1ccccc1. The molecule has 0 unspecified atom stereocenters. The fraction of sp³-hybridized carbons (Fsp3) is 0.300. The predicted molar refractivity (Wildman–Crippen MR) is 86.3 cm³/mol. The fourth-order valence-electron chi connectivity index (χ4n) is 4.02. The van der Waals surface area contributed by atoms with Crippen molar-refractivity contribution in [1.82, 2.24) is 0 Å². The Morgan fingerprint density at radius 2 is 1.09 bits per heavy atom. The van der Waals surface area contributed by atoms with E-state index in [-0.39, 0.29) is 35.2 Å². The maximum Gasteiger partial charge on any atom is 0.167 e. The van der Waals surface area contributed by atoms with Crippen LogP contribution in [0.2, 0.25) is 0 Å². The van der Waals surface area contributed by atoms with Crippen molar-refractivity contribution in [2.45, 2.75) is 0 Å². The van der Waals surface area contributed by atoms with Crippen LogP contribution >= 0.6 is 0 Å². The van der Waals surface area contributed by atoms with Crippen molar-refractivity contribution in [2.24, 2.45) is 23.7 Å². The average Bonchev–Trinajstić information content (AvgIpc) is 3.00. The Balaban J connectivity index is 1.65. The fourth-order valence-corrected chi connectivity index (χ4v) is 4.02. The minimum atomic E-state index is -0.252. The van der Waals surface area contributed by atoms with Gasteiger partial charge < -0.3 is 4.74 Å². The highest BCUT2D eigenvalue weighted by Gasteiger charge is 2.59. The zero-order valence-corrected chi connectivity index (χ0v) is 12.7. The van der Waals surface area contributed by atoms with Crippen molar-refractivity contribution < 1.29 is 14.3 Å². The van der Waals surface area contributed by atoms with Crippen LogP contribution in [0.5, 0.6) is 0 Å². The molecular formula is C20H18O3. The van der Waals surface area contributed by atoms with Crippen molar-refractivity contribution >= 4 is 11.6 Å². The van der Waals surface area contributed by atoms with Gasteiger partial charge in [-0.25, -0.2) is 0 Å². The molecule has 0 amide bonds. The zero-order valence-electron chi connectivity index (χ0n) is 12.7. The Kier molecular flexibility index (Phi) is 3.58. The van der Waals surface area contributed by atoms with E-state index in [1.54, 1.807) is 0 Å². The second-order valence-corrected chi connectivity index (χ2v) is 6.38. The number of carbonyl (C=O) groups excluding carboxylic acids is 2. The minimum Gasteiger partial charge on any atom is -0.381 e. The zero-order chi connectivity index (χ0) is 15.8. The number of hydrogen-bond donors (Lipinski definition) is 0. The first-order valence-electron chi connectivity index (χ1n) is 8.03. The number of ether oxygens (including phenoxy) is 1. The first kappa shape index (κ1) is 14.3. The van der Waals surface area contributed by atoms with E-state index in [0.29, 0.717) is 24.3 Å². The lowest BCUT2D eigenvalue weighted by molar-refractivity contribution is 0.0202. The molecule has 2 aliphatic rings. The van der Waals surface area contributed by atoms with Crippen LogP contribution in [0.3, 0.4) is 0 Å². The van der Waals surface area contributed by atoms with E-state index in [4.69, 9.17) is 4.74 Å². The first-order chi connectivity index (χ1) is 11.3. The summed E-state index contributed by atoms with van der Waals surface area (Å²) in [6.07, 6.45) is 0. The summed E-state index contributed by atoms with van der Waals surface area (Å²) in [6, 6.07) is 18.6. The molecule has 2 aromatic carbocycles. The number of benzene rings is 2. The summed E-state index contributed by atoms with van der Waals surface area (Å²) in [5.74, 6) is 0.00853. The van der Waals surface area contributed by atoms with E-state index in [1.807, 2.05) is 60.7 Å². The Bertz CT molecular complexity index is 660. The van der Waals surface area contributed by atoms with Crippen molar-refractivity contribution in [3.63, 3.8) is 0 Å². The first-order valence-corrected chi connectivity index (χ1v) is 8.03. The van der Waals surface area contributed by atoms with Gasteiger partial charge in [-0.3, -0.25) is 9.59 Å². The molecule has 0 spiro atoms. The van der Waals surface area contributed by atoms with Crippen LogP contribution in [-0.2, 0) is 4.74 Å². The third-order valence-electron chi connectivity index (χ3n) is 5.20. The molecular weight excluding hydrogens is 288 g/mol. The van der Waals surface area contributed by atoms with Crippen LogP contribution < -0.4 is 0 Å². The van der Waals surface area contributed by atoms with E-state index in [9.17, 15) is 9.59 Å². The smallest absolute Gasteiger partial charge is 0.167 e. The van der Waals surface area contributed by atoms with Crippen LogP contribution in [0.4, 0.5) is 0 Å². The molecule has 1 aliphatic carbocycles. The van der Waals surface area contributed by atoms with Gasteiger partial charge in [0.2, 0.25) is 0 Å². The Labute approximate surface area is 135 Å². The molecule has 4 rings (SSSR count). The second kappa shape index (κ2) is 5.74.